The lowest BCUT2D eigenvalue weighted by Crippen LogP contribution is -2.38. The summed E-state index contributed by atoms with van der Waals surface area (Å²) in [6, 6.07) is 3.65. The lowest BCUT2D eigenvalue weighted by Gasteiger charge is -2.32. The van der Waals surface area contributed by atoms with Crippen molar-refractivity contribution in [3.05, 3.63) is 40.4 Å². The summed E-state index contributed by atoms with van der Waals surface area (Å²) in [5, 5.41) is 1.01. The van der Waals surface area contributed by atoms with E-state index in [0.717, 1.165) is 48.6 Å². The van der Waals surface area contributed by atoms with Crippen molar-refractivity contribution < 1.29 is 9.53 Å². The van der Waals surface area contributed by atoms with E-state index in [1.807, 2.05) is 31.2 Å². The number of fused-ring (bicyclic) bond motifs is 1. The molecule has 136 valence electrons. The number of esters is 1. The SMILES string of the molecule is CCOC(=O)C1CCN(c2nc3cc(Cl)c(Cl)cc3n2C2=CC=C2)CC1. The molecule has 1 saturated heterocycles. The highest BCUT2D eigenvalue weighted by molar-refractivity contribution is 6.42. The van der Waals surface area contributed by atoms with Crippen LogP contribution in [-0.4, -0.2) is 35.2 Å². The number of benzene rings is 1. The number of allylic oxidation sites excluding steroid dienone is 4. The van der Waals surface area contributed by atoms with Crippen LogP contribution in [-0.2, 0) is 9.53 Å². The molecule has 5 nitrogen and oxygen atoms in total. The number of rotatable bonds is 4. The van der Waals surface area contributed by atoms with E-state index in [9.17, 15) is 4.79 Å². The molecule has 2 aliphatic rings. The lowest BCUT2D eigenvalue weighted by atomic mass is 9.97. The summed E-state index contributed by atoms with van der Waals surface area (Å²) < 4.78 is 7.26. The predicted molar refractivity (Wildman–Crippen MR) is 105 cm³/mol. The number of anilines is 1. The number of halogens is 2. The van der Waals surface area contributed by atoms with Gasteiger partial charge in [-0.2, -0.15) is 0 Å². The monoisotopic (exact) mass is 391 g/mol. The second kappa shape index (κ2) is 6.97. The van der Waals surface area contributed by atoms with E-state index in [0.29, 0.717) is 16.7 Å². The van der Waals surface area contributed by atoms with Crippen LogP contribution in [0, 0.1) is 5.92 Å². The van der Waals surface area contributed by atoms with Gasteiger partial charge in [0.15, 0.2) is 0 Å². The fourth-order valence-electron chi connectivity index (χ4n) is 3.43. The Bertz CT molecular complexity index is 924. The van der Waals surface area contributed by atoms with Crippen LogP contribution in [0.3, 0.4) is 0 Å². The predicted octanol–water partition coefficient (Wildman–Crippen LogP) is 4.53. The number of carbonyl (C=O) groups is 1. The van der Waals surface area contributed by atoms with Crippen molar-refractivity contribution in [1.29, 1.82) is 0 Å². The van der Waals surface area contributed by atoms with Crippen LogP contribution in [0.25, 0.3) is 16.7 Å². The summed E-state index contributed by atoms with van der Waals surface area (Å²) in [7, 11) is 0. The third-order valence-corrected chi connectivity index (χ3v) is 5.59. The largest absolute Gasteiger partial charge is 0.466 e. The third kappa shape index (κ3) is 2.99. The van der Waals surface area contributed by atoms with Gasteiger partial charge in [-0.1, -0.05) is 29.3 Å². The minimum atomic E-state index is -0.0937. The molecule has 4 rings (SSSR count). The molecule has 26 heavy (non-hydrogen) atoms. The van der Waals surface area contributed by atoms with Gasteiger partial charge in [0.1, 0.15) is 0 Å². The van der Waals surface area contributed by atoms with Crippen LogP contribution < -0.4 is 4.90 Å². The third-order valence-electron chi connectivity index (χ3n) is 4.87. The zero-order valence-electron chi connectivity index (χ0n) is 14.4. The molecular formula is C19H19Cl2N3O2. The van der Waals surface area contributed by atoms with Crippen LogP contribution >= 0.6 is 23.2 Å². The molecule has 1 aromatic heterocycles. The summed E-state index contributed by atoms with van der Waals surface area (Å²) in [5.41, 5.74) is 2.80. The molecule has 0 bridgehead atoms. The smallest absolute Gasteiger partial charge is 0.309 e. The molecule has 0 atom stereocenters. The molecular weight excluding hydrogens is 373 g/mol. The summed E-state index contributed by atoms with van der Waals surface area (Å²) in [4.78, 5) is 19.0. The van der Waals surface area contributed by atoms with Gasteiger partial charge in [0.05, 0.1) is 33.6 Å². The first-order valence-electron chi connectivity index (χ1n) is 8.76. The minimum absolute atomic E-state index is 0.0317. The maximum atomic E-state index is 12.0. The van der Waals surface area contributed by atoms with Gasteiger partial charge < -0.3 is 9.64 Å². The van der Waals surface area contributed by atoms with Crippen molar-refractivity contribution in [1.82, 2.24) is 9.55 Å². The normalized spacial score (nSPS) is 17.3. The van der Waals surface area contributed by atoms with Gasteiger partial charge in [-0.25, -0.2) is 4.98 Å². The molecule has 2 aromatic rings. The second-order valence-electron chi connectivity index (χ2n) is 6.47. The molecule has 0 radical (unpaired) electrons. The van der Waals surface area contributed by atoms with Crippen molar-refractivity contribution in [2.45, 2.75) is 19.8 Å². The molecule has 0 N–H and O–H groups in total. The molecule has 1 aliphatic heterocycles. The van der Waals surface area contributed by atoms with Crippen molar-refractivity contribution in [2.75, 3.05) is 24.6 Å². The summed E-state index contributed by atoms with van der Waals surface area (Å²) >= 11 is 12.4. The number of hydrogen-bond donors (Lipinski definition) is 0. The molecule has 0 amide bonds. The number of carbonyl (C=O) groups excluding carboxylic acids is 1. The van der Waals surface area contributed by atoms with E-state index >= 15 is 0 Å². The second-order valence-corrected chi connectivity index (χ2v) is 7.28. The van der Waals surface area contributed by atoms with Crippen LogP contribution in [0.1, 0.15) is 19.8 Å². The fourth-order valence-corrected chi connectivity index (χ4v) is 3.75. The van der Waals surface area contributed by atoms with Crippen LogP contribution in [0.4, 0.5) is 5.95 Å². The maximum absolute atomic E-state index is 12.0. The highest BCUT2D eigenvalue weighted by Crippen LogP contribution is 2.35. The van der Waals surface area contributed by atoms with Crippen molar-refractivity contribution in [3.63, 3.8) is 0 Å². The highest BCUT2D eigenvalue weighted by atomic mass is 35.5. The van der Waals surface area contributed by atoms with Crippen molar-refractivity contribution >= 4 is 51.8 Å². The quantitative estimate of drug-likeness (QED) is 0.718. The van der Waals surface area contributed by atoms with Gasteiger partial charge in [0.2, 0.25) is 5.95 Å². The first kappa shape index (κ1) is 17.4. The topological polar surface area (TPSA) is 47.4 Å². The molecule has 1 aromatic carbocycles. The Kier molecular flexibility index (Phi) is 4.67. The maximum Gasteiger partial charge on any atom is 0.309 e. The first-order chi connectivity index (χ1) is 12.6. The molecule has 1 fully saturated rings. The first-order valence-corrected chi connectivity index (χ1v) is 9.52. The van der Waals surface area contributed by atoms with Gasteiger partial charge >= 0.3 is 5.97 Å². The molecule has 2 heterocycles. The van der Waals surface area contributed by atoms with Crippen LogP contribution in [0.5, 0.6) is 0 Å². The summed E-state index contributed by atoms with van der Waals surface area (Å²) in [6.07, 6.45) is 7.60. The van der Waals surface area contributed by atoms with E-state index in [1.165, 1.54) is 0 Å². The Hall–Kier alpha value is -1.98. The van der Waals surface area contributed by atoms with E-state index in [1.54, 1.807) is 6.07 Å². The Morgan fingerprint density at radius 1 is 1.27 bits per heavy atom. The molecule has 0 unspecified atom stereocenters. The van der Waals surface area contributed by atoms with Gasteiger partial charge in [-0.05, 0) is 44.1 Å². The number of aromatic nitrogens is 2. The minimum Gasteiger partial charge on any atom is -0.466 e. The Balaban J connectivity index is 1.66. The summed E-state index contributed by atoms with van der Waals surface area (Å²) in [5.74, 6) is 0.732. The molecule has 0 spiro atoms. The van der Waals surface area contributed by atoms with E-state index in [2.05, 4.69) is 9.47 Å². The average molecular weight is 392 g/mol. The zero-order valence-corrected chi connectivity index (χ0v) is 15.9. The van der Waals surface area contributed by atoms with Gasteiger partial charge in [0.25, 0.3) is 0 Å². The van der Waals surface area contributed by atoms with E-state index in [-0.39, 0.29) is 11.9 Å². The number of hydrogen-bond acceptors (Lipinski definition) is 4. The zero-order chi connectivity index (χ0) is 18.3. The Morgan fingerprint density at radius 3 is 2.58 bits per heavy atom. The number of piperidine rings is 1. The number of ether oxygens (including phenoxy) is 1. The van der Waals surface area contributed by atoms with Gasteiger partial charge in [-0.3, -0.25) is 9.36 Å². The fraction of sp³-hybridized carbons (Fsp3) is 0.368. The average Bonchev–Trinajstić information content (AvgIpc) is 2.92. The summed E-state index contributed by atoms with van der Waals surface area (Å²) in [6.45, 7) is 3.78. The molecule has 0 saturated carbocycles. The lowest BCUT2D eigenvalue weighted by molar-refractivity contribution is -0.148. The van der Waals surface area contributed by atoms with Gasteiger partial charge in [-0.15, -0.1) is 0 Å². The number of nitrogens with zero attached hydrogens (tertiary/aromatic N) is 3. The van der Waals surface area contributed by atoms with Crippen LogP contribution in [0.2, 0.25) is 10.0 Å². The van der Waals surface area contributed by atoms with Gasteiger partial charge in [0, 0.05) is 18.8 Å². The van der Waals surface area contributed by atoms with E-state index < -0.39 is 0 Å². The molecule has 1 aliphatic carbocycles. The molecule has 7 heteroatoms. The Morgan fingerprint density at radius 2 is 1.96 bits per heavy atom. The van der Waals surface area contributed by atoms with Crippen molar-refractivity contribution in [3.8, 4) is 0 Å². The van der Waals surface area contributed by atoms with Crippen LogP contribution in [0.15, 0.2) is 30.4 Å². The number of imidazole rings is 1. The highest BCUT2D eigenvalue weighted by Gasteiger charge is 2.29. The van der Waals surface area contributed by atoms with E-state index in [4.69, 9.17) is 32.9 Å². The standard InChI is InChI=1S/C19H19Cl2N3O2/c1-2-26-18(25)12-6-8-23(9-7-12)19-22-16-10-14(20)15(21)11-17(16)24(19)13-4-3-5-13/h3-5,10-12H,2,6-9H2,1H3. The van der Waals surface area contributed by atoms with Crippen molar-refractivity contribution in [2.24, 2.45) is 5.92 Å². The Labute approximate surface area is 161 Å².